The molecule has 1 aliphatic rings. The molecule has 1 aromatic rings. The molecule has 0 saturated carbocycles. The topological polar surface area (TPSA) is 109 Å². The number of carbonyl (C=O) groups excluding carboxylic acids is 1. The zero-order valence-electron chi connectivity index (χ0n) is 10.7. The average molecular weight is 373 g/mol. The highest BCUT2D eigenvalue weighted by atomic mass is 35.5. The lowest BCUT2D eigenvalue weighted by Gasteiger charge is -2.09. The highest BCUT2D eigenvalue weighted by Gasteiger charge is 2.29. The molecule has 1 amide bonds. The van der Waals surface area contributed by atoms with Crippen molar-refractivity contribution in [2.75, 3.05) is 11.5 Å². The van der Waals surface area contributed by atoms with E-state index in [1.165, 1.54) is 12.1 Å². The maximum atomic E-state index is 11.8. The molecule has 1 atom stereocenters. The summed E-state index contributed by atoms with van der Waals surface area (Å²) in [5, 5.41) is 0. The van der Waals surface area contributed by atoms with Crippen molar-refractivity contribution >= 4 is 48.7 Å². The minimum atomic E-state index is -3.86. The molecule has 0 spiro atoms. The van der Waals surface area contributed by atoms with Gasteiger partial charge < -0.3 is 0 Å². The normalized spacial score (nSPS) is 21.3. The van der Waals surface area contributed by atoms with Crippen LogP contribution in [0, 0.1) is 5.92 Å². The van der Waals surface area contributed by atoms with Gasteiger partial charge in [-0.25, -0.2) is 16.8 Å². The monoisotopic (exact) mass is 372 g/mol. The number of sulfonamides is 1. The van der Waals surface area contributed by atoms with E-state index in [1.807, 2.05) is 4.83 Å². The molecule has 0 bridgehead atoms. The average Bonchev–Trinajstić information content (AvgIpc) is 2.94. The predicted molar refractivity (Wildman–Crippen MR) is 79.2 cm³/mol. The van der Waals surface area contributed by atoms with Crippen LogP contribution in [0.15, 0.2) is 16.3 Å². The maximum Gasteiger partial charge on any atom is 0.266 e. The second kappa shape index (κ2) is 6.21. The van der Waals surface area contributed by atoms with Crippen LogP contribution in [0.1, 0.15) is 12.8 Å². The van der Waals surface area contributed by atoms with Crippen LogP contribution < -0.4 is 10.3 Å². The molecular weight excluding hydrogens is 360 g/mol. The van der Waals surface area contributed by atoms with Crippen LogP contribution in [0.2, 0.25) is 4.34 Å². The molecule has 0 aromatic carbocycles. The lowest BCUT2D eigenvalue weighted by atomic mass is 10.1. The van der Waals surface area contributed by atoms with Crippen LogP contribution >= 0.6 is 22.9 Å². The fourth-order valence-corrected chi connectivity index (χ4v) is 6.17. The predicted octanol–water partition coefficient (Wildman–Crippen LogP) is 0.536. The summed E-state index contributed by atoms with van der Waals surface area (Å²) in [6, 6.07) is 2.76. The van der Waals surface area contributed by atoms with Crippen molar-refractivity contribution in [2.24, 2.45) is 5.92 Å². The molecule has 2 heterocycles. The Kier molecular flexibility index (Phi) is 4.93. The minimum Gasteiger partial charge on any atom is -0.278 e. The molecule has 7 nitrogen and oxygen atoms in total. The number of nitrogens with one attached hydrogen (secondary N) is 2. The van der Waals surface area contributed by atoms with Gasteiger partial charge >= 0.3 is 0 Å². The highest BCUT2D eigenvalue weighted by molar-refractivity contribution is 7.91. The Labute approximate surface area is 131 Å². The number of sulfone groups is 1. The largest absolute Gasteiger partial charge is 0.278 e. The standard InChI is InChI=1S/C10H13ClN2O5S3/c11-8-1-2-10(19-8)21(17,18)13-12-9(14)5-7-3-4-20(15,16)6-7/h1-2,7,13H,3-6H2,(H,12,14)/t7-/m1/s1. The number of hydrogen-bond acceptors (Lipinski definition) is 6. The van der Waals surface area contributed by atoms with Crippen LogP contribution in [0.3, 0.4) is 0 Å². The molecule has 21 heavy (non-hydrogen) atoms. The molecule has 1 saturated heterocycles. The number of hydrazine groups is 1. The maximum absolute atomic E-state index is 11.8. The summed E-state index contributed by atoms with van der Waals surface area (Å²) < 4.78 is 46.5. The SMILES string of the molecule is O=C(C[C@H]1CCS(=O)(=O)C1)NNS(=O)(=O)c1ccc(Cl)s1. The Morgan fingerprint density at radius 2 is 2.14 bits per heavy atom. The molecule has 0 aliphatic carbocycles. The van der Waals surface area contributed by atoms with E-state index < -0.39 is 25.8 Å². The summed E-state index contributed by atoms with van der Waals surface area (Å²) in [7, 11) is -6.91. The van der Waals surface area contributed by atoms with Crippen molar-refractivity contribution < 1.29 is 21.6 Å². The molecule has 118 valence electrons. The van der Waals surface area contributed by atoms with E-state index in [1.54, 1.807) is 0 Å². The second-order valence-corrected chi connectivity index (χ2v) is 10.5. The molecule has 0 radical (unpaired) electrons. The van der Waals surface area contributed by atoms with Gasteiger partial charge in [0.05, 0.1) is 15.8 Å². The van der Waals surface area contributed by atoms with Crippen molar-refractivity contribution in [2.45, 2.75) is 17.1 Å². The molecule has 1 aromatic heterocycles. The number of thiophene rings is 1. The first-order chi connectivity index (χ1) is 9.68. The van der Waals surface area contributed by atoms with Crippen molar-refractivity contribution in [3.8, 4) is 0 Å². The zero-order valence-corrected chi connectivity index (χ0v) is 13.9. The van der Waals surface area contributed by atoms with Crippen molar-refractivity contribution in [3.05, 3.63) is 16.5 Å². The van der Waals surface area contributed by atoms with Gasteiger partial charge in [0.25, 0.3) is 10.0 Å². The number of halogens is 1. The fourth-order valence-electron chi connectivity index (χ4n) is 1.96. The van der Waals surface area contributed by atoms with Gasteiger partial charge in [0.2, 0.25) is 5.91 Å². The van der Waals surface area contributed by atoms with Crippen LogP contribution in [0.4, 0.5) is 0 Å². The van der Waals surface area contributed by atoms with E-state index in [0.717, 1.165) is 11.3 Å². The van der Waals surface area contributed by atoms with E-state index in [9.17, 15) is 21.6 Å². The fraction of sp³-hybridized carbons (Fsp3) is 0.500. The molecule has 2 rings (SSSR count). The van der Waals surface area contributed by atoms with E-state index in [2.05, 4.69) is 5.43 Å². The zero-order chi connectivity index (χ0) is 15.7. The molecule has 0 unspecified atom stereocenters. The second-order valence-electron chi connectivity index (χ2n) is 4.69. The van der Waals surface area contributed by atoms with Crippen LogP contribution in [0.25, 0.3) is 0 Å². The van der Waals surface area contributed by atoms with Crippen molar-refractivity contribution in [3.63, 3.8) is 0 Å². The first-order valence-electron chi connectivity index (χ1n) is 5.94. The van der Waals surface area contributed by atoms with Gasteiger partial charge in [0, 0.05) is 6.42 Å². The lowest BCUT2D eigenvalue weighted by molar-refractivity contribution is -0.122. The van der Waals surface area contributed by atoms with Gasteiger partial charge in [-0.2, -0.15) is 0 Å². The van der Waals surface area contributed by atoms with E-state index in [-0.39, 0.29) is 28.1 Å². The third-order valence-corrected chi connectivity index (χ3v) is 7.75. The number of amides is 1. The highest BCUT2D eigenvalue weighted by Crippen LogP contribution is 2.25. The summed E-state index contributed by atoms with van der Waals surface area (Å²) in [6.07, 6.45) is 0.385. The molecular formula is C10H13ClN2O5S3. The molecule has 2 N–H and O–H groups in total. The third kappa shape index (κ3) is 4.65. The van der Waals surface area contributed by atoms with Gasteiger partial charge in [0.15, 0.2) is 9.84 Å². The lowest BCUT2D eigenvalue weighted by Crippen LogP contribution is -2.41. The van der Waals surface area contributed by atoms with Crippen molar-refractivity contribution in [1.29, 1.82) is 0 Å². The summed E-state index contributed by atoms with van der Waals surface area (Å²) >= 11 is 6.51. The van der Waals surface area contributed by atoms with E-state index in [0.29, 0.717) is 10.8 Å². The summed E-state index contributed by atoms with van der Waals surface area (Å²) in [4.78, 5) is 13.6. The van der Waals surface area contributed by atoms with Crippen LogP contribution in [0.5, 0.6) is 0 Å². The van der Waals surface area contributed by atoms with Gasteiger partial charge in [-0.15, -0.1) is 16.2 Å². The summed E-state index contributed by atoms with van der Waals surface area (Å²) in [5.74, 6) is -0.794. The Bertz CT molecular complexity index is 740. The Morgan fingerprint density at radius 1 is 1.43 bits per heavy atom. The number of rotatable bonds is 5. The summed E-state index contributed by atoms with van der Waals surface area (Å²) in [5.41, 5.74) is 2.08. The number of carbonyl (C=O) groups is 1. The van der Waals surface area contributed by atoms with Gasteiger partial charge in [-0.1, -0.05) is 11.6 Å². The Morgan fingerprint density at radius 3 is 2.67 bits per heavy atom. The first kappa shape index (κ1) is 16.7. The van der Waals surface area contributed by atoms with Crippen molar-refractivity contribution in [1.82, 2.24) is 10.3 Å². The minimum absolute atomic E-state index is 0.0174. The van der Waals surface area contributed by atoms with E-state index in [4.69, 9.17) is 11.6 Å². The van der Waals surface area contributed by atoms with Gasteiger partial charge in [0.1, 0.15) is 4.21 Å². The Balaban J connectivity index is 1.87. The molecule has 1 aliphatic heterocycles. The quantitative estimate of drug-likeness (QED) is 0.733. The Hall–Kier alpha value is -0.680. The van der Waals surface area contributed by atoms with Gasteiger partial charge in [-0.05, 0) is 24.5 Å². The first-order valence-corrected chi connectivity index (χ1v) is 10.4. The third-order valence-electron chi connectivity index (χ3n) is 2.94. The number of hydrogen-bond donors (Lipinski definition) is 2. The summed E-state index contributed by atoms with van der Waals surface area (Å²) in [6.45, 7) is 0. The molecule has 1 fully saturated rings. The smallest absolute Gasteiger partial charge is 0.266 e. The van der Waals surface area contributed by atoms with Gasteiger partial charge in [-0.3, -0.25) is 10.2 Å². The molecule has 11 heteroatoms. The van der Waals surface area contributed by atoms with Crippen LogP contribution in [-0.4, -0.2) is 34.2 Å². The van der Waals surface area contributed by atoms with E-state index >= 15 is 0 Å². The van der Waals surface area contributed by atoms with Crippen LogP contribution in [-0.2, 0) is 24.7 Å².